The van der Waals surface area contributed by atoms with Crippen LogP contribution in [0.1, 0.15) is 138 Å². The van der Waals surface area contributed by atoms with Crippen LogP contribution in [0.2, 0.25) is 0 Å². The quantitative estimate of drug-likeness (QED) is 0.0246. The van der Waals surface area contributed by atoms with Crippen molar-refractivity contribution in [2.75, 3.05) is 46.2 Å². The predicted octanol–water partition coefficient (Wildman–Crippen LogP) is 5.15. The summed E-state index contributed by atoms with van der Waals surface area (Å²) in [6.07, 6.45) is 4.62. The lowest BCUT2D eigenvalue weighted by molar-refractivity contribution is -0.147. The number of hydrogen-bond acceptors (Lipinski definition) is 15. The number of carboxylic acid groups (broad SMARTS) is 1. The number of methoxy groups -OCH3 is 2. The van der Waals surface area contributed by atoms with Crippen molar-refractivity contribution in [1.82, 2.24) is 41.3 Å². The Morgan fingerprint density at radius 1 is 0.789 bits per heavy atom. The lowest BCUT2D eigenvalue weighted by Gasteiger charge is -2.41. The third-order valence-corrected chi connectivity index (χ3v) is 17.2. The highest BCUT2D eigenvalue weighted by molar-refractivity contribution is 7.80. The summed E-state index contributed by atoms with van der Waals surface area (Å²) >= 11 is 5.78. The van der Waals surface area contributed by atoms with Crippen LogP contribution in [0.5, 0.6) is 0 Å². The maximum Gasteiger partial charge on any atom is 0.408 e. The van der Waals surface area contributed by atoms with Gasteiger partial charge in [0.2, 0.25) is 35.4 Å². The van der Waals surface area contributed by atoms with Crippen LogP contribution in [0.15, 0.2) is 66.7 Å². The Morgan fingerprint density at radius 3 is 2.01 bits per heavy atom. The third-order valence-electron chi connectivity index (χ3n) is 16.7. The van der Waals surface area contributed by atoms with Crippen LogP contribution in [-0.2, 0) is 70.4 Å². The molecule has 2 heterocycles. The number of nitrogens with two attached hydrogens (primary N) is 1. The standard InChI is InChI=1S/C65H98N10O14S/c1-13-41(6)56(49(87-11)37-53(79)74-35-21-25-48(74)57(88-12)42(7)60(90)69-47(62(83)84)36-43-22-16-14-17-23-43)73(10)61(82)55(40(4)5)71-63(85)65(8,9)72-64(86)89-38-44-27-29-45(30-28-44)67-58(80)46(24-20-33-66)68-59(81)54(39(2)3)70-50(76)26-18-15-19-34-75-51(77)31-32-52(75)78/h14,16-17,22-23,27-32,39-42,46-49,54-57H,13,15,18-21,24-26,33-38,66H2,1-12H3,(H,67,80)(H,68,81)(H,69,90)(H,70,76)(H,71,85)(H,72,86)(H,83,84). The van der Waals surface area contributed by atoms with Crippen molar-refractivity contribution in [2.45, 2.75) is 194 Å². The number of unbranched alkanes of at least 4 members (excludes halogenated alkanes) is 2. The molecule has 9 N–H and O–H groups in total. The molecular formula is C65H98N10O14S. The van der Waals surface area contributed by atoms with Crippen LogP contribution in [0.4, 0.5) is 10.5 Å². The first-order valence-corrected chi connectivity index (χ1v) is 31.7. The number of nitrogens with zero attached hydrogens (tertiary/aromatic N) is 3. The third kappa shape index (κ3) is 22.2. The first kappa shape index (κ1) is 75.1. The molecule has 4 rings (SSSR count). The average Bonchev–Trinajstić information content (AvgIpc) is 1.71. The van der Waals surface area contributed by atoms with E-state index in [1.807, 2.05) is 51.1 Å². The molecule has 90 heavy (non-hydrogen) atoms. The fourth-order valence-electron chi connectivity index (χ4n) is 11.1. The highest BCUT2D eigenvalue weighted by atomic mass is 32.1. The second-order valence-electron chi connectivity index (χ2n) is 24.6. The Bertz CT molecular complexity index is 2780. The number of aliphatic carboxylic acids is 1. The fourth-order valence-corrected chi connectivity index (χ4v) is 11.4. The molecule has 25 heteroatoms. The number of thiocarbonyl (C=S) groups is 1. The van der Waals surface area contributed by atoms with Crippen LogP contribution >= 0.6 is 12.2 Å². The summed E-state index contributed by atoms with van der Waals surface area (Å²) < 4.78 is 17.6. The van der Waals surface area contributed by atoms with E-state index in [-0.39, 0.29) is 86.9 Å². The number of anilines is 1. The minimum Gasteiger partial charge on any atom is -0.480 e. The minimum absolute atomic E-state index is 0.0779. The highest BCUT2D eigenvalue weighted by Gasteiger charge is 2.44. The Balaban J connectivity index is 1.32. The van der Waals surface area contributed by atoms with E-state index >= 15 is 0 Å². The summed E-state index contributed by atoms with van der Waals surface area (Å²) in [5, 5.41) is 26.9. The van der Waals surface area contributed by atoms with E-state index in [4.69, 9.17) is 32.2 Å². The van der Waals surface area contributed by atoms with Crippen molar-refractivity contribution >= 4 is 82.2 Å². The van der Waals surface area contributed by atoms with Crippen molar-refractivity contribution in [2.24, 2.45) is 29.4 Å². The van der Waals surface area contributed by atoms with Crippen molar-refractivity contribution in [3.05, 3.63) is 77.9 Å². The van der Waals surface area contributed by atoms with Gasteiger partial charge in [0.25, 0.3) is 11.8 Å². The lowest BCUT2D eigenvalue weighted by atomic mass is 9.89. The lowest BCUT2D eigenvalue weighted by Crippen LogP contribution is -2.62. The highest BCUT2D eigenvalue weighted by Crippen LogP contribution is 2.30. The smallest absolute Gasteiger partial charge is 0.408 e. The molecule has 10 atom stereocenters. The van der Waals surface area contributed by atoms with Gasteiger partial charge in [-0.05, 0) is 99.9 Å². The van der Waals surface area contributed by atoms with Gasteiger partial charge in [0.15, 0.2) is 0 Å². The van der Waals surface area contributed by atoms with Gasteiger partial charge in [0.1, 0.15) is 36.3 Å². The number of imide groups is 1. The summed E-state index contributed by atoms with van der Waals surface area (Å²) in [5.41, 5.74) is 5.96. The minimum atomic E-state index is -1.57. The fraction of sp³-hybridized carbons (Fsp3) is 0.615. The van der Waals surface area contributed by atoms with Gasteiger partial charge in [0.05, 0.1) is 35.7 Å². The number of carbonyl (C=O) groups is 10. The van der Waals surface area contributed by atoms with Gasteiger partial charge in [-0.25, -0.2) is 9.59 Å². The van der Waals surface area contributed by atoms with E-state index < -0.39 is 95.5 Å². The van der Waals surface area contributed by atoms with Gasteiger partial charge in [-0.2, -0.15) is 0 Å². The van der Waals surface area contributed by atoms with Crippen molar-refractivity contribution < 1.29 is 67.3 Å². The number of ether oxygens (including phenoxy) is 3. The Labute approximate surface area is 535 Å². The Morgan fingerprint density at radius 2 is 1.43 bits per heavy atom. The molecule has 498 valence electrons. The molecule has 2 aromatic carbocycles. The molecule has 1 fully saturated rings. The van der Waals surface area contributed by atoms with E-state index in [2.05, 4.69) is 31.9 Å². The number of likely N-dealkylation sites (N-methyl/N-ethyl adjacent to an activating group) is 1. The molecule has 0 spiro atoms. The molecule has 0 bridgehead atoms. The molecule has 9 amide bonds. The Hall–Kier alpha value is -7.35. The first-order valence-electron chi connectivity index (χ1n) is 31.3. The zero-order valence-electron chi connectivity index (χ0n) is 54.5. The van der Waals surface area contributed by atoms with E-state index in [9.17, 15) is 53.1 Å². The molecule has 2 aliphatic rings. The maximum absolute atomic E-state index is 14.7. The molecule has 24 nitrogen and oxygen atoms in total. The molecule has 0 aromatic heterocycles. The summed E-state index contributed by atoms with van der Waals surface area (Å²) in [7, 11) is 4.67. The van der Waals surface area contributed by atoms with Gasteiger partial charge < -0.3 is 66.8 Å². The zero-order chi connectivity index (χ0) is 67.0. The number of benzene rings is 2. The number of nitrogens with one attached hydrogen (secondary N) is 6. The molecule has 1 saturated heterocycles. The molecule has 0 saturated carbocycles. The largest absolute Gasteiger partial charge is 0.480 e. The van der Waals surface area contributed by atoms with Crippen molar-refractivity contribution in [3.8, 4) is 0 Å². The van der Waals surface area contributed by atoms with Crippen LogP contribution in [0.25, 0.3) is 0 Å². The summed E-state index contributed by atoms with van der Waals surface area (Å²) in [6.45, 7) is 16.6. The van der Waals surface area contributed by atoms with Crippen LogP contribution in [0, 0.1) is 23.7 Å². The summed E-state index contributed by atoms with van der Waals surface area (Å²) in [4.78, 5) is 137. The van der Waals surface area contributed by atoms with Gasteiger partial charge in [-0.3, -0.25) is 43.3 Å². The topological polar surface area (TPSA) is 327 Å². The van der Waals surface area contributed by atoms with Crippen molar-refractivity contribution in [3.63, 3.8) is 0 Å². The summed E-state index contributed by atoms with van der Waals surface area (Å²) in [6, 6.07) is 10.7. The first-order chi connectivity index (χ1) is 42.6. The predicted molar refractivity (Wildman–Crippen MR) is 344 cm³/mol. The van der Waals surface area contributed by atoms with Crippen LogP contribution < -0.4 is 37.6 Å². The van der Waals surface area contributed by atoms with Gasteiger partial charge in [0, 0.05) is 71.0 Å². The normalized spacial score (nSPS) is 17.1. The second-order valence-corrected chi connectivity index (χ2v) is 25.1. The number of hydrogen-bond donors (Lipinski definition) is 8. The molecule has 10 unspecified atom stereocenters. The Kier molecular flexibility index (Phi) is 30.4. The van der Waals surface area contributed by atoms with Crippen LogP contribution in [0.3, 0.4) is 0 Å². The van der Waals surface area contributed by atoms with Gasteiger partial charge in [-0.15, -0.1) is 0 Å². The number of likely N-dealkylation sites (tertiary alicyclic amines) is 1. The van der Waals surface area contributed by atoms with E-state index in [1.165, 1.54) is 38.0 Å². The maximum atomic E-state index is 14.7. The molecule has 0 aliphatic carbocycles. The van der Waals surface area contributed by atoms with Gasteiger partial charge >= 0.3 is 12.1 Å². The number of alkyl carbamates (subject to hydrolysis) is 1. The molecule has 2 aliphatic heterocycles. The SMILES string of the molecule is CCC(C)C(C(CC(=O)N1CCCC1C(OC)C(C)C(=S)NC(Cc1ccccc1)C(=O)O)OC)N(C)C(=O)C(NC(=O)C(C)(C)NC(=O)OCc1ccc(NC(=O)C(CCCN)NC(=O)C(NC(=O)CCCCCN2C(=O)C=CC2=O)C(C)C)cc1)C(C)C. The van der Waals surface area contributed by atoms with E-state index in [0.29, 0.717) is 67.7 Å². The van der Waals surface area contributed by atoms with Crippen molar-refractivity contribution in [1.29, 1.82) is 0 Å². The number of amides is 9. The molecule has 2 aromatic rings. The number of carboxylic acids is 1. The average molecular weight is 1280 g/mol. The van der Waals surface area contributed by atoms with Gasteiger partial charge in [-0.1, -0.05) is 116 Å². The van der Waals surface area contributed by atoms with E-state index in [1.54, 1.807) is 71.0 Å². The molecular weight excluding hydrogens is 1180 g/mol. The monoisotopic (exact) mass is 1270 g/mol. The zero-order valence-corrected chi connectivity index (χ0v) is 55.3. The number of rotatable bonds is 37. The molecule has 0 radical (unpaired) electrons. The second kappa shape index (κ2) is 36.5. The number of carbonyl (C=O) groups excluding carboxylic acids is 9. The van der Waals surface area contributed by atoms with E-state index in [0.717, 1.165) is 10.5 Å². The summed E-state index contributed by atoms with van der Waals surface area (Å²) in [5.74, 6) is -5.86. The van der Waals surface area contributed by atoms with Crippen LogP contribution in [-0.4, -0.2) is 179 Å².